The van der Waals surface area contributed by atoms with Gasteiger partial charge in [0.2, 0.25) is 0 Å². The summed E-state index contributed by atoms with van der Waals surface area (Å²) in [6.07, 6.45) is -0.320. The van der Waals surface area contributed by atoms with E-state index in [9.17, 15) is 0 Å². The van der Waals surface area contributed by atoms with Crippen molar-refractivity contribution in [2.24, 2.45) is 0 Å². The fourth-order valence-corrected chi connectivity index (χ4v) is 2.22. The number of aliphatic hydroxyl groups excluding tert-OH is 1. The number of benzene rings is 1. The summed E-state index contributed by atoms with van der Waals surface area (Å²) in [6, 6.07) is 3.81. The van der Waals surface area contributed by atoms with Crippen molar-refractivity contribution in [3.8, 4) is 11.5 Å². The second-order valence-corrected chi connectivity index (χ2v) is 5.18. The lowest BCUT2D eigenvalue weighted by molar-refractivity contribution is 0.191. The lowest BCUT2D eigenvalue weighted by Crippen LogP contribution is -2.31. The number of halogens is 3. The van der Waals surface area contributed by atoms with Crippen molar-refractivity contribution >= 4 is 36.4 Å². The highest BCUT2D eigenvalue weighted by Gasteiger charge is 2.11. The molecule has 1 rings (SSSR count). The largest absolute Gasteiger partial charge is 0.491 e. The first-order valence-electron chi connectivity index (χ1n) is 7.17. The van der Waals surface area contributed by atoms with Crippen LogP contribution in [0, 0.1) is 0 Å². The Bertz CT molecular complexity index is 435. The Morgan fingerprint density at radius 2 is 1.87 bits per heavy atom. The standard InChI is InChI=1S/C15H25ClN2O3.2ClH/c1-4-21-14-8-12(7-13(16)15(14)20-3)10-18-6-5-17-9-11(2)19;;/h7-8,11,17-19H,4-6,9-10H2,1-3H3;2*1H. The zero-order chi connectivity index (χ0) is 15.7. The van der Waals surface area contributed by atoms with Gasteiger partial charge in [0.15, 0.2) is 11.5 Å². The van der Waals surface area contributed by atoms with Gasteiger partial charge in [-0.1, -0.05) is 11.6 Å². The fraction of sp³-hybridized carbons (Fsp3) is 0.600. The number of ether oxygens (including phenoxy) is 2. The number of methoxy groups -OCH3 is 1. The normalized spacial score (nSPS) is 11.2. The zero-order valence-corrected chi connectivity index (χ0v) is 16.1. The molecule has 0 heterocycles. The molecule has 5 nitrogen and oxygen atoms in total. The maximum atomic E-state index is 9.12. The van der Waals surface area contributed by atoms with E-state index >= 15 is 0 Å². The maximum Gasteiger partial charge on any atom is 0.179 e. The molecule has 23 heavy (non-hydrogen) atoms. The minimum atomic E-state index is -0.320. The first-order valence-corrected chi connectivity index (χ1v) is 7.55. The summed E-state index contributed by atoms with van der Waals surface area (Å²) < 4.78 is 10.8. The van der Waals surface area contributed by atoms with Crippen molar-refractivity contribution in [1.82, 2.24) is 10.6 Å². The average Bonchev–Trinajstić information content (AvgIpc) is 2.42. The van der Waals surface area contributed by atoms with Gasteiger partial charge in [0.25, 0.3) is 0 Å². The van der Waals surface area contributed by atoms with Gasteiger partial charge < -0.3 is 25.2 Å². The number of nitrogens with one attached hydrogen (secondary N) is 2. The van der Waals surface area contributed by atoms with Crippen LogP contribution < -0.4 is 20.1 Å². The Morgan fingerprint density at radius 3 is 2.43 bits per heavy atom. The highest BCUT2D eigenvalue weighted by atomic mass is 35.5. The van der Waals surface area contributed by atoms with Crippen LogP contribution in [0.15, 0.2) is 12.1 Å². The SMILES string of the molecule is CCOc1cc(CNCCNCC(C)O)cc(Cl)c1OC.Cl.Cl. The van der Waals surface area contributed by atoms with Gasteiger partial charge in [-0.3, -0.25) is 0 Å². The second kappa shape index (κ2) is 14.0. The Morgan fingerprint density at radius 1 is 1.22 bits per heavy atom. The summed E-state index contributed by atoms with van der Waals surface area (Å²) in [4.78, 5) is 0. The van der Waals surface area contributed by atoms with E-state index in [0.717, 1.165) is 18.7 Å². The van der Waals surface area contributed by atoms with Gasteiger partial charge in [0.1, 0.15) is 0 Å². The predicted molar refractivity (Wildman–Crippen MR) is 99.9 cm³/mol. The van der Waals surface area contributed by atoms with Crippen molar-refractivity contribution in [2.75, 3.05) is 33.4 Å². The molecule has 1 aromatic rings. The van der Waals surface area contributed by atoms with Gasteiger partial charge >= 0.3 is 0 Å². The van der Waals surface area contributed by atoms with Crippen LogP contribution in [-0.2, 0) is 6.54 Å². The third-order valence-corrected chi connectivity index (χ3v) is 3.10. The van der Waals surface area contributed by atoms with Crippen molar-refractivity contribution in [3.63, 3.8) is 0 Å². The number of aliphatic hydroxyl groups is 1. The molecule has 0 aliphatic carbocycles. The third-order valence-electron chi connectivity index (χ3n) is 2.82. The summed E-state index contributed by atoms with van der Waals surface area (Å²) in [5.74, 6) is 1.23. The summed E-state index contributed by atoms with van der Waals surface area (Å²) in [5, 5.41) is 16.1. The maximum absolute atomic E-state index is 9.12. The van der Waals surface area contributed by atoms with Crippen molar-refractivity contribution in [2.45, 2.75) is 26.5 Å². The summed E-state index contributed by atoms with van der Waals surface area (Å²) >= 11 is 6.19. The summed E-state index contributed by atoms with van der Waals surface area (Å²) in [5.41, 5.74) is 1.04. The minimum Gasteiger partial charge on any atom is -0.491 e. The van der Waals surface area contributed by atoms with Gasteiger partial charge in [-0.15, -0.1) is 24.8 Å². The molecule has 3 N–H and O–H groups in total. The van der Waals surface area contributed by atoms with Gasteiger partial charge in [0, 0.05) is 26.2 Å². The summed E-state index contributed by atoms with van der Waals surface area (Å²) in [7, 11) is 1.58. The van der Waals surface area contributed by atoms with E-state index in [1.807, 2.05) is 19.1 Å². The first kappa shape index (κ1) is 24.8. The molecular weight excluding hydrogens is 363 g/mol. The molecule has 0 saturated carbocycles. The van der Waals surface area contributed by atoms with Gasteiger partial charge in [-0.05, 0) is 31.5 Å². The highest BCUT2D eigenvalue weighted by Crippen LogP contribution is 2.36. The van der Waals surface area contributed by atoms with Crippen LogP contribution in [0.5, 0.6) is 11.5 Å². The highest BCUT2D eigenvalue weighted by molar-refractivity contribution is 6.32. The molecule has 0 spiro atoms. The zero-order valence-electron chi connectivity index (χ0n) is 13.7. The van der Waals surface area contributed by atoms with E-state index in [0.29, 0.717) is 36.2 Å². The number of hydrogen-bond acceptors (Lipinski definition) is 5. The molecule has 0 aliphatic heterocycles. The Labute approximate surface area is 155 Å². The molecule has 1 atom stereocenters. The predicted octanol–water partition coefficient (Wildman–Crippen LogP) is 2.65. The quantitative estimate of drug-likeness (QED) is 0.537. The first-order chi connectivity index (χ1) is 10.1. The molecule has 8 heteroatoms. The molecular formula is C15H27Cl3N2O3. The molecule has 0 amide bonds. The second-order valence-electron chi connectivity index (χ2n) is 4.77. The molecule has 0 fully saturated rings. The Hall–Kier alpha value is -0.430. The minimum absolute atomic E-state index is 0. The molecule has 0 saturated heterocycles. The Kier molecular flexibility index (Phi) is 15.1. The topological polar surface area (TPSA) is 62.8 Å². The molecule has 0 aliphatic rings. The average molecular weight is 390 g/mol. The lowest BCUT2D eigenvalue weighted by Gasteiger charge is -2.13. The van der Waals surface area contributed by atoms with Gasteiger partial charge in [-0.2, -0.15) is 0 Å². The molecule has 0 radical (unpaired) electrons. The van der Waals surface area contributed by atoms with E-state index in [-0.39, 0.29) is 30.9 Å². The van der Waals surface area contributed by atoms with E-state index in [1.54, 1.807) is 14.0 Å². The lowest BCUT2D eigenvalue weighted by atomic mass is 10.2. The Balaban J connectivity index is 0. The third kappa shape index (κ3) is 9.45. The molecule has 1 aromatic carbocycles. The van der Waals surface area contributed by atoms with Crippen LogP contribution in [0.25, 0.3) is 0 Å². The molecule has 136 valence electrons. The molecule has 0 aromatic heterocycles. The van der Waals surface area contributed by atoms with Crippen LogP contribution in [0.4, 0.5) is 0 Å². The van der Waals surface area contributed by atoms with E-state index in [1.165, 1.54) is 0 Å². The fourth-order valence-electron chi connectivity index (χ4n) is 1.90. The van der Waals surface area contributed by atoms with Crippen LogP contribution in [0.2, 0.25) is 5.02 Å². The smallest absolute Gasteiger partial charge is 0.179 e. The summed E-state index contributed by atoms with van der Waals surface area (Å²) in [6.45, 7) is 7.14. The van der Waals surface area contributed by atoms with Crippen LogP contribution >= 0.6 is 36.4 Å². The van der Waals surface area contributed by atoms with Crippen LogP contribution in [-0.4, -0.2) is 44.6 Å². The van der Waals surface area contributed by atoms with Crippen molar-refractivity contribution < 1.29 is 14.6 Å². The van der Waals surface area contributed by atoms with E-state index < -0.39 is 0 Å². The van der Waals surface area contributed by atoms with Crippen molar-refractivity contribution in [1.29, 1.82) is 0 Å². The van der Waals surface area contributed by atoms with Gasteiger partial charge in [0.05, 0.1) is 24.8 Å². The van der Waals surface area contributed by atoms with Crippen LogP contribution in [0.3, 0.4) is 0 Å². The molecule has 1 unspecified atom stereocenters. The van der Waals surface area contributed by atoms with E-state index in [2.05, 4.69) is 10.6 Å². The van der Waals surface area contributed by atoms with Gasteiger partial charge in [-0.25, -0.2) is 0 Å². The van der Waals surface area contributed by atoms with Crippen LogP contribution in [0.1, 0.15) is 19.4 Å². The number of rotatable bonds is 10. The monoisotopic (exact) mass is 388 g/mol. The van der Waals surface area contributed by atoms with Crippen molar-refractivity contribution in [3.05, 3.63) is 22.7 Å². The molecule has 0 bridgehead atoms. The number of hydrogen-bond donors (Lipinski definition) is 3. The van der Waals surface area contributed by atoms with E-state index in [4.69, 9.17) is 26.2 Å².